The number of hydrogen-bond donors (Lipinski definition) is 1. The quantitative estimate of drug-likeness (QED) is 0.855. The van der Waals surface area contributed by atoms with Gasteiger partial charge in [-0.15, -0.1) is 0 Å². The van der Waals surface area contributed by atoms with Crippen molar-refractivity contribution in [1.82, 2.24) is 0 Å². The zero-order chi connectivity index (χ0) is 17.0. The zero-order valence-electron chi connectivity index (χ0n) is 11.3. The monoisotopic (exact) mass is 347 g/mol. The number of halogens is 4. The third-order valence-corrected chi connectivity index (χ3v) is 2.95. The van der Waals surface area contributed by atoms with Crippen LogP contribution in [0.25, 0.3) is 0 Å². The summed E-state index contributed by atoms with van der Waals surface area (Å²) in [5.74, 6) is -1.82. The van der Waals surface area contributed by atoms with Crippen LogP contribution in [0.15, 0.2) is 41.0 Å². The van der Waals surface area contributed by atoms with Crippen LogP contribution in [-0.2, 0) is 15.7 Å². The first-order chi connectivity index (χ1) is 10.8. The molecule has 5 nitrogen and oxygen atoms in total. The number of ether oxygens (including phenoxy) is 1. The molecule has 2 rings (SSSR count). The molecular formula is C14H9ClF3NO4. The van der Waals surface area contributed by atoms with Crippen molar-refractivity contribution in [2.75, 3.05) is 11.9 Å². The van der Waals surface area contributed by atoms with Crippen molar-refractivity contribution >= 4 is 29.2 Å². The Morgan fingerprint density at radius 2 is 2.00 bits per heavy atom. The summed E-state index contributed by atoms with van der Waals surface area (Å²) in [6.45, 7) is -0.702. The molecule has 0 saturated carbocycles. The third-order valence-electron chi connectivity index (χ3n) is 2.62. The van der Waals surface area contributed by atoms with E-state index in [4.69, 9.17) is 16.0 Å². The minimum Gasteiger partial charge on any atom is -0.457 e. The molecule has 0 bridgehead atoms. The van der Waals surface area contributed by atoms with Gasteiger partial charge in [-0.1, -0.05) is 11.6 Å². The van der Waals surface area contributed by atoms with E-state index >= 15 is 0 Å². The molecule has 0 aliphatic rings. The van der Waals surface area contributed by atoms with Gasteiger partial charge < -0.3 is 14.5 Å². The highest BCUT2D eigenvalue weighted by Crippen LogP contribution is 2.33. The molecule has 1 N–H and O–H groups in total. The van der Waals surface area contributed by atoms with Crippen LogP contribution < -0.4 is 5.32 Å². The zero-order valence-corrected chi connectivity index (χ0v) is 12.1. The van der Waals surface area contributed by atoms with Gasteiger partial charge in [0.2, 0.25) is 5.76 Å². The summed E-state index contributed by atoms with van der Waals surface area (Å²) in [5, 5.41) is 2.06. The molecule has 1 amide bonds. The van der Waals surface area contributed by atoms with E-state index in [9.17, 15) is 22.8 Å². The van der Waals surface area contributed by atoms with Crippen molar-refractivity contribution in [3.63, 3.8) is 0 Å². The Hall–Kier alpha value is -2.48. The van der Waals surface area contributed by atoms with Gasteiger partial charge in [0.1, 0.15) is 0 Å². The Morgan fingerprint density at radius 3 is 2.61 bits per heavy atom. The first-order valence-corrected chi connectivity index (χ1v) is 6.52. The molecule has 2 aromatic rings. The molecule has 0 radical (unpaired) electrons. The molecule has 0 saturated heterocycles. The number of esters is 1. The molecule has 0 atom stereocenters. The fourth-order valence-electron chi connectivity index (χ4n) is 1.58. The highest BCUT2D eigenvalue weighted by Gasteiger charge is 2.31. The van der Waals surface area contributed by atoms with Crippen molar-refractivity contribution in [3.05, 3.63) is 52.9 Å². The number of benzene rings is 1. The first kappa shape index (κ1) is 16.9. The molecule has 122 valence electrons. The summed E-state index contributed by atoms with van der Waals surface area (Å²) in [7, 11) is 0. The number of carbonyl (C=O) groups excluding carboxylic acids is 2. The number of amides is 1. The summed E-state index contributed by atoms with van der Waals surface area (Å²) in [6.07, 6.45) is -3.32. The van der Waals surface area contributed by atoms with Gasteiger partial charge in [-0.25, -0.2) is 4.79 Å². The number of anilines is 1. The van der Waals surface area contributed by atoms with Crippen molar-refractivity contribution in [3.8, 4) is 0 Å². The van der Waals surface area contributed by atoms with Crippen molar-refractivity contribution in [2.45, 2.75) is 6.18 Å². The molecule has 0 fully saturated rings. The standard InChI is InChI=1S/C14H9ClF3NO4/c15-9-4-3-8(14(16,17)18)6-10(9)19-12(20)7-23-13(21)11-2-1-5-22-11/h1-6H,7H2,(H,19,20). The van der Waals surface area contributed by atoms with Gasteiger partial charge in [-0.05, 0) is 30.3 Å². The SMILES string of the molecule is O=C(COC(=O)c1ccco1)Nc1cc(C(F)(F)F)ccc1Cl. The Labute approximate surface area is 133 Å². The molecule has 0 unspecified atom stereocenters. The lowest BCUT2D eigenvalue weighted by Crippen LogP contribution is -2.21. The van der Waals surface area contributed by atoms with Crippen LogP contribution in [0, 0.1) is 0 Å². The lowest BCUT2D eigenvalue weighted by atomic mass is 10.2. The van der Waals surface area contributed by atoms with Crippen molar-refractivity contribution in [1.29, 1.82) is 0 Å². The van der Waals surface area contributed by atoms with Gasteiger partial charge in [0, 0.05) is 0 Å². The predicted molar refractivity (Wildman–Crippen MR) is 74.1 cm³/mol. The van der Waals surface area contributed by atoms with Crippen LogP contribution in [0.5, 0.6) is 0 Å². The smallest absolute Gasteiger partial charge is 0.416 e. The molecule has 1 heterocycles. The fraction of sp³-hybridized carbons (Fsp3) is 0.143. The van der Waals surface area contributed by atoms with Gasteiger partial charge in [0.05, 0.1) is 22.5 Å². The van der Waals surface area contributed by atoms with E-state index in [2.05, 4.69) is 10.1 Å². The van der Waals surface area contributed by atoms with Crippen molar-refractivity contribution < 1.29 is 31.9 Å². The summed E-state index contributed by atoms with van der Waals surface area (Å²) in [4.78, 5) is 23.1. The van der Waals surface area contributed by atoms with E-state index in [1.54, 1.807) is 0 Å². The fourth-order valence-corrected chi connectivity index (χ4v) is 1.75. The van der Waals surface area contributed by atoms with Gasteiger partial charge in [-0.3, -0.25) is 4.79 Å². The van der Waals surface area contributed by atoms with Crippen molar-refractivity contribution in [2.24, 2.45) is 0 Å². The molecule has 0 spiro atoms. The van der Waals surface area contributed by atoms with E-state index in [0.29, 0.717) is 6.07 Å². The second-order valence-electron chi connectivity index (χ2n) is 4.29. The van der Waals surface area contributed by atoms with E-state index in [1.807, 2.05) is 0 Å². The number of furan rings is 1. The maximum Gasteiger partial charge on any atom is 0.416 e. The van der Waals surface area contributed by atoms with Crippen LogP contribution >= 0.6 is 11.6 Å². The number of carbonyl (C=O) groups is 2. The van der Waals surface area contributed by atoms with Crippen LogP contribution in [0.1, 0.15) is 16.1 Å². The topological polar surface area (TPSA) is 68.5 Å². The first-order valence-electron chi connectivity index (χ1n) is 6.14. The highest BCUT2D eigenvalue weighted by molar-refractivity contribution is 6.33. The molecule has 0 aliphatic carbocycles. The normalized spacial score (nSPS) is 11.1. The molecular weight excluding hydrogens is 339 g/mol. The molecule has 9 heteroatoms. The maximum atomic E-state index is 12.6. The number of nitrogens with one attached hydrogen (secondary N) is 1. The number of alkyl halides is 3. The summed E-state index contributed by atoms with van der Waals surface area (Å²) >= 11 is 5.73. The van der Waals surface area contributed by atoms with Gasteiger partial charge >= 0.3 is 12.1 Å². The molecule has 0 aliphatic heterocycles. The van der Waals surface area contributed by atoms with E-state index in [1.165, 1.54) is 18.4 Å². The Morgan fingerprint density at radius 1 is 1.26 bits per heavy atom. The second-order valence-corrected chi connectivity index (χ2v) is 4.70. The summed E-state index contributed by atoms with van der Waals surface area (Å²) < 4.78 is 47.3. The van der Waals surface area contributed by atoms with E-state index in [0.717, 1.165) is 12.1 Å². The third kappa shape index (κ3) is 4.49. The Bertz CT molecular complexity index is 713. The minimum absolute atomic E-state index is 0.0799. The van der Waals surface area contributed by atoms with Crippen LogP contribution in [-0.4, -0.2) is 18.5 Å². The predicted octanol–water partition coefficient (Wildman–Crippen LogP) is 3.75. The lowest BCUT2D eigenvalue weighted by Gasteiger charge is -2.11. The van der Waals surface area contributed by atoms with E-state index in [-0.39, 0.29) is 16.5 Å². The minimum atomic E-state index is -4.57. The molecule has 23 heavy (non-hydrogen) atoms. The van der Waals surface area contributed by atoms with Crippen LogP contribution in [0.3, 0.4) is 0 Å². The summed E-state index contributed by atoms with van der Waals surface area (Å²) in [6, 6.07) is 5.28. The van der Waals surface area contributed by atoms with Gasteiger partial charge in [0.15, 0.2) is 6.61 Å². The summed E-state index contributed by atoms with van der Waals surface area (Å²) in [5.41, 5.74) is -1.20. The lowest BCUT2D eigenvalue weighted by molar-refractivity contribution is -0.137. The number of hydrogen-bond acceptors (Lipinski definition) is 4. The number of rotatable bonds is 4. The second kappa shape index (κ2) is 6.74. The maximum absolute atomic E-state index is 12.6. The highest BCUT2D eigenvalue weighted by atomic mass is 35.5. The molecule has 1 aromatic carbocycles. The van der Waals surface area contributed by atoms with E-state index < -0.39 is 30.2 Å². The largest absolute Gasteiger partial charge is 0.457 e. The Balaban J connectivity index is 1.99. The molecule has 1 aromatic heterocycles. The van der Waals surface area contributed by atoms with Crippen LogP contribution in [0.4, 0.5) is 18.9 Å². The van der Waals surface area contributed by atoms with Gasteiger partial charge in [-0.2, -0.15) is 13.2 Å². The average Bonchev–Trinajstić information content (AvgIpc) is 3.00. The average molecular weight is 348 g/mol. The van der Waals surface area contributed by atoms with Gasteiger partial charge in [0.25, 0.3) is 5.91 Å². The van der Waals surface area contributed by atoms with Crippen LogP contribution in [0.2, 0.25) is 5.02 Å². The Kier molecular flexibility index (Phi) is 4.95.